The maximum atomic E-state index is 10.8. The first-order chi connectivity index (χ1) is 10.1. The molecule has 1 aliphatic heterocycles. The third-order valence-electron chi connectivity index (χ3n) is 3.08. The fourth-order valence-corrected chi connectivity index (χ4v) is 2.05. The van der Waals surface area contributed by atoms with Gasteiger partial charge in [0.25, 0.3) is 0 Å². The number of benzene rings is 1. The van der Waals surface area contributed by atoms with Gasteiger partial charge >= 0.3 is 5.97 Å². The predicted molar refractivity (Wildman–Crippen MR) is 79.4 cm³/mol. The third kappa shape index (κ3) is 5.19. The minimum absolute atomic E-state index is 0.0317. The molecule has 1 unspecified atom stereocenters. The summed E-state index contributed by atoms with van der Waals surface area (Å²) in [5, 5.41) is 0. The van der Waals surface area contributed by atoms with Crippen molar-refractivity contribution < 1.29 is 19.0 Å². The summed E-state index contributed by atoms with van der Waals surface area (Å²) >= 11 is 0. The van der Waals surface area contributed by atoms with Gasteiger partial charge in [-0.3, -0.25) is 4.79 Å². The molecule has 0 aromatic heterocycles. The molecule has 1 heterocycles. The fraction of sp³-hybridized carbons (Fsp3) is 0.500. The predicted octanol–water partition coefficient (Wildman–Crippen LogP) is 2.19. The van der Waals surface area contributed by atoms with Crippen LogP contribution in [0.25, 0.3) is 0 Å². The second kappa shape index (κ2) is 7.78. The highest BCUT2D eigenvalue weighted by molar-refractivity contribution is 5.95. The topological polar surface area (TPSA) is 57.1 Å². The number of esters is 1. The van der Waals surface area contributed by atoms with E-state index in [1.165, 1.54) is 6.92 Å². The molecule has 0 bridgehead atoms. The lowest BCUT2D eigenvalue weighted by Gasteiger charge is -2.12. The second-order valence-electron chi connectivity index (χ2n) is 5.05. The molecule has 0 spiro atoms. The number of carbonyl (C=O) groups is 1. The summed E-state index contributed by atoms with van der Waals surface area (Å²) in [5.41, 5.74) is 0.989. The van der Waals surface area contributed by atoms with E-state index in [0.29, 0.717) is 32.1 Å². The molecule has 0 amide bonds. The van der Waals surface area contributed by atoms with Crippen LogP contribution in [0.5, 0.6) is 0 Å². The Hall–Kier alpha value is -1.88. The molecule has 1 aliphatic rings. The van der Waals surface area contributed by atoms with Crippen LogP contribution in [-0.4, -0.2) is 43.8 Å². The average Bonchev–Trinajstić information content (AvgIpc) is 2.93. The molecule has 5 nitrogen and oxygen atoms in total. The molecule has 0 aliphatic carbocycles. The molecule has 0 N–H and O–H groups in total. The Morgan fingerprint density at radius 3 is 2.90 bits per heavy atom. The van der Waals surface area contributed by atoms with Crippen LogP contribution >= 0.6 is 0 Å². The normalized spacial score (nSPS) is 18.8. The van der Waals surface area contributed by atoms with Crippen molar-refractivity contribution >= 4 is 11.9 Å². The number of hydrogen-bond donors (Lipinski definition) is 0. The molecule has 0 fully saturated rings. The molecular formula is C16H21NO4. The van der Waals surface area contributed by atoms with Gasteiger partial charge in [-0.1, -0.05) is 18.2 Å². The van der Waals surface area contributed by atoms with Crippen LogP contribution in [0, 0.1) is 0 Å². The summed E-state index contributed by atoms with van der Waals surface area (Å²) in [5.74, 6) is 0.418. The largest absolute Gasteiger partial charge is 0.475 e. The van der Waals surface area contributed by atoms with Crippen molar-refractivity contribution in [2.75, 3.05) is 19.8 Å². The minimum atomic E-state index is -0.260. The van der Waals surface area contributed by atoms with Crippen LogP contribution in [-0.2, 0) is 19.0 Å². The van der Waals surface area contributed by atoms with Gasteiger partial charge in [-0.15, -0.1) is 0 Å². The zero-order valence-corrected chi connectivity index (χ0v) is 12.5. The van der Waals surface area contributed by atoms with E-state index in [-0.39, 0.29) is 18.1 Å². The highest BCUT2D eigenvalue weighted by Gasteiger charge is 2.20. The Balaban J connectivity index is 1.69. The summed E-state index contributed by atoms with van der Waals surface area (Å²) in [6.07, 6.45) is 0.563. The number of carbonyl (C=O) groups excluding carboxylic acids is 1. The summed E-state index contributed by atoms with van der Waals surface area (Å²) in [6.45, 7) is 4.87. The molecule has 0 radical (unpaired) electrons. The highest BCUT2D eigenvalue weighted by Crippen LogP contribution is 2.12. The average molecular weight is 291 g/mol. The van der Waals surface area contributed by atoms with Gasteiger partial charge in [0.1, 0.15) is 18.8 Å². The van der Waals surface area contributed by atoms with Gasteiger partial charge in [0.2, 0.25) is 5.90 Å². The molecule has 2 atom stereocenters. The van der Waals surface area contributed by atoms with Gasteiger partial charge in [0, 0.05) is 18.9 Å². The summed E-state index contributed by atoms with van der Waals surface area (Å²) < 4.78 is 16.2. The van der Waals surface area contributed by atoms with Crippen molar-refractivity contribution in [2.24, 2.45) is 4.99 Å². The molecule has 2 rings (SSSR count). The SMILES string of the molecule is CC(=O)O[C@H](C)CCOCC1COC(c2ccccc2)=N1. The Labute approximate surface area is 124 Å². The lowest BCUT2D eigenvalue weighted by molar-refractivity contribution is -0.146. The van der Waals surface area contributed by atoms with Crippen molar-refractivity contribution in [1.29, 1.82) is 0 Å². The van der Waals surface area contributed by atoms with Crippen molar-refractivity contribution in [3.63, 3.8) is 0 Å². The van der Waals surface area contributed by atoms with Crippen LogP contribution in [0.4, 0.5) is 0 Å². The van der Waals surface area contributed by atoms with Crippen molar-refractivity contribution in [3.8, 4) is 0 Å². The van der Waals surface area contributed by atoms with Gasteiger partial charge < -0.3 is 14.2 Å². The lowest BCUT2D eigenvalue weighted by atomic mass is 10.2. The number of hydrogen-bond acceptors (Lipinski definition) is 5. The van der Waals surface area contributed by atoms with Gasteiger partial charge in [0.15, 0.2) is 0 Å². The van der Waals surface area contributed by atoms with Crippen LogP contribution in [0.1, 0.15) is 25.8 Å². The zero-order chi connectivity index (χ0) is 15.1. The highest BCUT2D eigenvalue weighted by atomic mass is 16.5. The van der Waals surface area contributed by atoms with Crippen LogP contribution in [0.15, 0.2) is 35.3 Å². The van der Waals surface area contributed by atoms with Crippen LogP contribution < -0.4 is 0 Å². The zero-order valence-electron chi connectivity index (χ0n) is 12.5. The van der Waals surface area contributed by atoms with Gasteiger partial charge in [0.05, 0.1) is 13.2 Å². The monoisotopic (exact) mass is 291 g/mol. The molecule has 21 heavy (non-hydrogen) atoms. The van der Waals surface area contributed by atoms with E-state index < -0.39 is 0 Å². The first kappa shape index (κ1) is 15.5. The Morgan fingerprint density at radius 1 is 1.43 bits per heavy atom. The number of nitrogens with zero attached hydrogens (tertiary/aromatic N) is 1. The van der Waals surface area contributed by atoms with E-state index in [1.807, 2.05) is 37.3 Å². The standard InChI is InChI=1S/C16H21NO4/c1-12(21-13(2)18)8-9-19-10-15-11-20-16(17-15)14-6-4-3-5-7-14/h3-7,12,15H,8-11H2,1-2H3/t12-,15?/m1/s1. The number of aliphatic imine (C=N–C) groups is 1. The summed E-state index contributed by atoms with van der Waals surface area (Å²) in [7, 11) is 0. The van der Waals surface area contributed by atoms with E-state index in [1.54, 1.807) is 0 Å². The Kier molecular flexibility index (Phi) is 5.75. The van der Waals surface area contributed by atoms with Crippen LogP contribution in [0.3, 0.4) is 0 Å². The minimum Gasteiger partial charge on any atom is -0.475 e. The van der Waals surface area contributed by atoms with Crippen molar-refractivity contribution in [1.82, 2.24) is 0 Å². The fourth-order valence-electron chi connectivity index (χ4n) is 2.05. The molecule has 1 aromatic carbocycles. The van der Waals surface area contributed by atoms with Gasteiger partial charge in [-0.05, 0) is 19.1 Å². The Bertz CT molecular complexity index is 486. The lowest BCUT2D eigenvalue weighted by Crippen LogP contribution is -2.18. The first-order valence-electron chi connectivity index (χ1n) is 7.16. The molecule has 0 saturated heterocycles. The van der Waals surface area contributed by atoms with E-state index in [4.69, 9.17) is 14.2 Å². The quantitative estimate of drug-likeness (QED) is 0.571. The number of ether oxygens (including phenoxy) is 3. The molecule has 5 heteroatoms. The van der Waals surface area contributed by atoms with Crippen molar-refractivity contribution in [2.45, 2.75) is 32.4 Å². The number of rotatable bonds is 7. The van der Waals surface area contributed by atoms with E-state index >= 15 is 0 Å². The van der Waals surface area contributed by atoms with E-state index in [0.717, 1.165) is 5.56 Å². The second-order valence-corrected chi connectivity index (χ2v) is 5.05. The first-order valence-corrected chi connectivity index (χ1v) is 7.16. The smallest absolute Gasteiger partial charge is 0.302 e. The molecular weight excluding hydrogens is 270 g/mol. The summed E-state index contributed by atoms with van der Waals surface area (Å²) in [6, 6.07) is 9.86. The third-order valence-corrected chi connectivity index (χ3v) is 3.08. The van der Waals surface area contributed by atoms with E-state index in [9.17, 15) is 4.79 Å². The van der Waals surface area contributed by atoms with Crippen LogP contribution in [0.2, 0.25) is 0 Å². The maximum absolute atomic E-state index is 10.8. The summed E-state index contributed by atoms with van der Waals surface area (Å²) in [4.78, 5) is 15.3. The van der Waals surface area contributed by atoms with Crippen molar-refractivity contribution in [3.05, 3.63) is 35.9 Å². The molecule has 0 saturated carbocycles. The van der Waals surface area contributed by atoms with Gasteiger partial charge in [-0.2, -0.15) is 0 Å². The molecule has 114 valence electrons. The van der Waals surface area contributed by atoms with E-state index in [2.05, 4.69) is 4.99 Å². The Morgan fingerprint density at radius 2 is 2.19 bits per heavy atom. The van der Waals surface area contributed by atoms with Gasteiger partial charge in [-0.25, -0.2) is 4.99 Å². The maximum Gasteiger partial charge on any atom is 0.302 e. The molecule has 1 aromatic rings.